The smallest absolute Gasteiger partial charge is 0.242 e. The Balaban J connectivity index is 1.64. The second kappa shape index (κ2) is 8.89. The third-order valence-corrected chi connectivity index (χ3v) is 5.91. The molecule has 0 saturated carbocycles. The summed E-state index contributed by atoms with van der Waals surface area (Å²) in [7, 11) is -2.33. The van der Waals surface area contributed by atoms with Gasteiger partial charge in [0.2, 0.25) is 15.9 Å². The minimum Gasteiger partial charge on any atom is -0.497 e. The normalized spacial score (nSPS) is 12.2. The highest BCUT2D eigenvalue weighted by Gasteiger charge is 2.22. The number of rotatable bonds is 7. The number of carbonyl (C=O) groups is 1. The first kappa shape index (κ1) is 20.6. The summed E-state index contributed by atoms with van der Waals surface area (Å²) >= 11 is 0. The molecule has 0 saturated heterocycles. The minimum atomic E-state index is -3.83. The molecule has 29 heavy (non-hydrogen) atoms. The number of hydrogen-bond acceptors (Lipinski definition) is 4. The largest absolute Gasteiger partial charge is 0.497 e. The lowest BCUT2D eigenvalue weighted by Gasteiger charge is -2.15. The molecule has 0 fully saturated rings. The summed E-state index contributed by atoms with van der Waals surface area (Å²) in [6.07, 6.45) is 0. The van der Waals surface area contributed by atoms with Crippen LogP contribution in [0.4, 0.5) is 5.69 Å². The van der Waals surface area contributed by atoms with E-state index in [0.29, 0.717) is 11.4 Å². The lowest BCUT2D eigenvalue weighted by Crippen LogP contribution is -2.41. The number of anilines is 1. The maximum Gasteiger partial charge on any atom is 0.242 e. The molecule has 3 aromatic rings. The summed E-state index contributed by atoms with van der Waals surface area (Å²) in [5, 5.41) is 2.73. The fourth-order valence-electron chi connectivity index (χ4n) is 2.74. The van der Waals surface area contributed by atoms with E-state index >= 15 is 0 Å². The van der Waals surface area contributed by atoms with Crippen molar-refractivity contribution in [1.29, 1.82) is 0 Å². The number of ether oxygens (including phenoxy) is 1. The van der Waals surface area contributed by atoms with Gasteiger partial charge in [-0.15, -0.1) is 0 Å². The molecule has 2 N–H and O–H groups in total. The van der Waals surface area contributed by atoms with Gasteiger partial charge in [-0.1, -0.05) is 42.5 Å². The van der Waals surface area contributed by atoms with Crippen molar-refractivity contribution in [3.05, 3.63) is 78.9 Å². The summed E-state index contributed by atoms with van der Waals surface area (Å²) in [4.78, 5) is 12.5. The molecule has 0 radical (unpaired) electrons. The van der Waals surface area contributed by atoms with Gasteiger partial charge in [-0.2, -0.15) is 4.72 Å². The lowest BCUT2D eigenvalue weighted by atomic mass is 10.1. The summed E-state index contributed by atoms with van der Waals surface area (Å²) < 4.78 is 32.3. The summed E-state index contributed by atoms with van der Waals surface area (Å²) in [6, 6.07) is 22.2. The van der Waals surface area contributed by atoms with Crippen molar-refractivity contribution < 1.29 is 17.9 Å². The van der Waals surface area contributed by atoms with E-state index in [4.69, 9.17) is 4.74 Å². The number of carbonyl (C=O) groups excluding carboxylic acids is 1. The van der Waals surface area contributed by atoms with Crippen molar-refractivity contribution in [3.63, 3.8) is 0 Å². The Bertz CT molecular complexity index is 1060. The molecule has 6 nitrogen and oxygen atoms in total. The van der Waals surface area contributed by atoms with Gasteiger partial charge in [0.1, 0.15) is 5.75 Å². The molecule has 7 heteroatoms. The molecule has 1 amide bonds. The Hall–Kier alpha value is -3.16. The van der Waals surface area contributed by atoms with E-state index in [1.54, 1.807) is 24.3 Å². The van der Waals surface area contributed by atoms with Crippen LogP contribution in [0, 0.1) is 0 Å². The molecule has 0 heterocycles. The van der Waals surface area contributed by atoms with E-state index in [1.165, 1.54) is 26.2 Å². The lowest BCUT2D eigenvalue weighted by molar-refractivity contribution is -0.117. The van der Waals surface area contributed by atoms with E-state index in [0.717, 1.165) is 11.1 Å². The Morgan fingerprint density at radius 1 is 0.862 bits per heavy atom. The van der Waals surface area contributed by atoms with E-state index < -0.39 is 22.0 Å². The van der Waals surface area contributed by atoms with Crippen LogP contribution in [0.5, 0.6) is 5.75 Å². The summed E-state index contributed by atoms with van der Waals surface area (Å²) in [5.41, 5.74) is 2.69. The van der Waals surface area contributed by atoms with Crippen LogP contribution in [0.2, 0.25) is 0 Å². The molecule has 0 aliphatic rings. The van der Waals surface area contributed by atoms with Gasteiger partial charge in [0.15, 0.2) is 0 Å². The Morgan fingerprint density at radius 2 is 1.45 bits per heavy atom. The van der Waals surface area contributed by atoms with Crippen molar-refractivity contribution in [1.82, 2.24) is 4.72 Å². The fraction of sp³-hybridized carbons (Fsp3) is 0.136. The highest BCUT2D eigenvalue weighted by molar-refractivity contribution is 7.89. The first-order valence-electron chi connectivity index (χ1n) is 9.02. The maximum atomic E-state index is 12.5. The molecule has 3 rings (SSSR count). The zero-order valence-corrected chi connectivity index (χ0v) is 16.9. The fourth-order valence-corrected chi connectivity index (χ4v) is 3.94. The van der Waals surface area contributed by atoms with Crippen LogP contribution in [0.3, 0.4) is 0 Å². The second-order valence-electron chi connectivity index (χ2n) is 6.45. The number of hydrogen-bond donors (Lipinski definition) is 2. The number of benzene rings is 3. The molecule has 0 unspecified atom stereocenters. The molecule has 3 aromatic carbocycles. The van der Waals surface area contributed by atoms with Crippen molar-refractivity contribution in [3.8, 4) is 16.9 Å². The van der Waals surface area contributed by atoms with Crippen LogP contribution < -0.4 is 14.8 Å². The van der Waals surface area contributed by atoms with Crippen LogP contribution in [-0.2, 0) is 14.8 Å². The third-order valence-electron chi connectivity index (χ3n) is 4.35. The Morgan fingerprint density at radius 3 is 2.03 bits per heavy atom. The zero-order valence-electron chi connectivity index (χ0n) is 16.1. The minimum absolute atomic E-state index is 0.0603. The summed E-state index contributed by atoms with van der Waals surface area (Å²) in [5.74, 6) is 0.100. The van der Waals surface area contributed by atoms with E-state index in [2.05, 4.69) is 10.0 Å². The van der Waals surface area contributed by atoms with E-state index in [1.807, 2.05) is 42.5 Å². The molecular weight excluding hydrogens is 388 g/mol. The Labute approximate surface area is 170 Å². The molecule has 0 aromatic heterocycles. The standard InChI is InChI=1S/C22H22N2O4S/c1-16(24-29(26,27)21-14-12-20(28-2)13-15-21)22(25)23-19-10-8-18(9-11-19)17-6-4-3-5-7-17/h3-16,24H,1-2H3,(H,23,25)/t16-/m0/s1. The van der Waals surface area contributed by atoms with Gasteiger partial charge in [0.25, 0.3) is 0 Å². The van der Waals surface area contributed by atoms with Crippen LogP contribution in [0.25, 0.3) is 11.1 Å². The number of nitrogens with one attached hydrogen (secondary N) is 2. The van der Waals surface area contributed by atoms with Gasteiger partial charge in [-0.05, 0) is 54.4 Å². The quantitative estimate of drug-likeness (QED) is 0.622. The van der Waals surface area contributed by atoms with Gasteiger partial charge in [0.05, 0.1) is 18.0 Å². The molecule has 0 aliphatic heterocycles. The molecule has 0 spiro atoms. The van der Waals surface area contributed by atoms with Crippen LogP contribution in [0.1, 0.15) is 6.92 Å². The van der Waals surface area contributed by atoms with Crippen molar-refractivity contribution in [2.75, 3.05) is 12.4 Å². The highest BCUT2D eigenvalue weighted by Crippen LogP contribution is 2.21. The second-order valence-corrected chi connectivity index (χ2v) is 8.17. The predicted octanol–water partition coefficient (Wildman–Crippen LogP) is 3.67. The van der Waals surface area contributed by atoms with Crippen molar-refractivity contribution in [2.24, 2.45) is 0 Å². The average Bonchev–Trinajstić information content (AvgIpc) is 2.74. The SMILES string of the molecule is COc1ccc(S(=O)(=O)N[C@@H](C)C(=O)Nc2ccc(-c3ccccc3)cc2)cc1. The monoisotopic (exact) mass is 410 g/mol. The molecule has 0 bridgehead atoms. The first-order chi connectivity index (χ1) is 13.9. The molecule has 150 valence electrons. The predicted molar refractivity (Wildman–Crippen MR) is 113 cm³/mol. The molecule has 1 atom stereocenters. The first-order valence-corrected chi connectivity index (χ1v) is 10.5. The van der Waals surface area contributed by atoms with Crippen LogP contribution in [-0.4, -0.2) is 27.5 Å². The Kier molecular flexibility index (Phi) is 6.31. The van der Waals surface area contributed by atoms with E-state index in [9.17, 15) is 13.2 Å². The van der Waals surface area contributed by atoms with Gasteiger partial charge in [0, 0.05) is 5.69 Å². The maximum absolute atomic E-state index is 12.5. The van der Waals surface area contributed by atoms with Gasteiger partial charge in [-0.3, -0.25) is 4.79 Å². The average molecular weight is 410 g/mol. The van der Waals surface area contributed by atoms with Gasteiger partial charge < -0.3 is 10.1 Å². The molecular formula is C22H22N2O4S. The topological polar surface area (TPSA) is 84.5 Å². The number of amides is 1. The molecule has 0 aliphatic carbocycles. The van der Waals surface area contributed by atoms with Crippen LogP contribution in [0.15, 0.2) is 83.8 Å². The van der Waals surface area contributed by atoms with Crippen LogP contribution >= 0.6 is 0 Å². The van der Waals surface area contributed by atoms with Crippen molar-refractivity contribution >= 4 is 21.6 Å². The van der Waals surface area contributed by atoms with Gasteiger partial charge in [-0.25, -0.2) is 8.42 Å². The van der Waals surface area contributed by atoms with E-state index in [-0.39, 0.29) is 4.90 Å². The summed E-state index contributed by atoms with van der Waals surface area (Å²) in [6.45, 7) is 1.49. The number of sulfonamides is 1. The zero-order chi connectivity index (χ0) is 20.9. The highest BCUT2D eigenvalue weighted by atomic mass is 32.2. The van der Waals surface area contributed by atoms with Gasteiger partial charge >= 0.3 is 0 Å². The van der Waals surface area contributed by atoms with Crippen molar-refractivity contribution in [2.45, 2.75) is 17.9 Å². The third kappa shape index (κ3) is 5.22. The number of methoxy groups -OCH3 is 1.